The van der Waals surface area contributed by atoms with Gasteiger partial charge in [0.05, 0.1) is 11.7 Å². The number of nitrogens with zero attached hydrogens (tertiary/aromatic N) is 2. The Morgan fingerprint density at radius 3 is 2.82 bits per heavy atom. The van der Waals surface area contributed by atoms with Gasteiger partial charge < -0.3 is 4.40 Å². The zero-order valence-corrected chi connectivity index (χ0v) is 10.1. The topological polar surface area (TPSA) is 17.3 Å². The standard InChI is InChI=1S/C14H11ClN2/c1-10-16-8-14-6-5-12(9-17(10)14)11-3-2-4-13(15)7-11/h2-9H,1H3. The molecular weight excluding hydrogens is 232 g/mol. The lowest BCUT2D eigenvalue weighted by Crippen LogP contribution is -1.89. The van der Waals surface area contributed by atoms with Crippen molar-refractivity contribution in [2.75, 3.05) is 0 Å². The van der Waals surface area contributed by atoms with Gasteiger partial charge in [-0.05, 0) is 36.2 Å². The van der Waals surface area contributed by atoms with E-state index < -0.39 is 0 Å². The first kappa shape index (κ1) is 10.4. The van der Waals surface area contributed by atoms with E-state index in [4.69, 9.17) is 11.6 Å². The number of hydrogen-bond donors (Lipinski definition) is 0. The maximum Gasteiger partial charge on any atom is 0.110 e. The fraction of sp³-hybridized carbons (Fsp3) is 0.0714. The van der Waals surface area contributed by atoms with Crippen LogP contribution in [0.1, 0.15) is 5.82 Å². The summed E-state index contributed by atoms with van der Waals surface area (Å²) in [6.45, 7) is 1.99. The maximum atomic E-state index is 6.00. The zero-order chi connectivity index (χ0) is 11.8. The monoisotopic (exact) mass is 242 g/mol. The van der Waals surface area contributed by atoms with Gasteiger partial charge in [0, 0.05) is 11.2 Å². The van der Waals surface area contributed by atoms with Gasteiger partial charge in [0.15, 0.2) is 0 Å². The highest BCUT2D eigenvalue weighted by atomic mass is 35.5. The largest absolute Gasteiger partial charge is 0.303 e. The molecule has 0 radical (unpaired) electrons. The minimum Gasteiger partial charge on any atom is -0.303 e. The normalized spacial score (nSPS) is 10.9. The first-order chi connectivity index (χ1) is 8.24. The third-order valence-corrected chi connectivity index (χ3v) is 3.11. The number of rotatable bonds is 1. The molecule has 0 aliphatic heterocycles. The van der Waals surface area contributed by atoms with E-state index in [9.17, 15) is 0 Å². The fourth-order valence-corrected chi connectivity index (χ4v) is 2.15. The van der Waals surface area contributed by atoms with E-state index in [-0.39, 0.29) is 0 Å². The van der Waals surface area contributed by atoms with Crippen molar-refractivity contribution in [1.82, 2.24) is 9.38 Å². The van der Waals surface area contributed by atoms with E-state index in [2.05, 4.69) is 33.8 Å². The Labute approximate surface area is 104 Å². The Bertz CT molecular complexity index is 686. The summed E-state index contributed by atoms with van der Waals surface area (Å²) >= 11 is 6.00. The summed E-state index contributed by atoms with van der Waals surface area (Å²) < 4.78 is 2.08. The average molecular weight is 243 g/mol. The molecule has 0 atom stereocenters. The third-order valence-electron chi connectivity index (χ3n) is 2.87. The second-order valence-corrected chi connectivity index (χ2v) is 4.46. The van der Waals surface area contributed by atoms with Crippen molar-refractivity contribution in [3.63, 3.8) is 0 Å². The maximum absolute atomic E-state index is 6.00. The first-order valence-corrected chi connectivity index (χ1v) is 5.81. The lowest BCUT2D eigenvalue weighted by molar-refractivity contribution is 1.05. The molecule has 2 aromatic heterocycles. The van der Waals surface area contributed by atoms with Crippen molar-refractivity contribution in [1.29, 1.82) is 0 Å². The molecule has 0 N–H and O–H groups in total. The van der Waals surface area contributed by atoms with Crippen molar-refractivity contribution in [2.45, 2.75) is 6.92 Å². The van der Waals surface area contributed by atoms with Crippen LogP contribution < -0.4 is 0 Å². The third kappa shape index (κ3) is 1.81. The summed E-state index contributed by atoms with van der Waals surface area (Å²) in [5.74, 6) is 0.990. The molecule has 84 valence electrons. The van der Waals surface area contributed by atoms with E-state index in [1.165, 1.54) is 0 Å². The van der Waals surface area contributed by atoms with Gasteiger partial charge >= 0.3 is 0 Å². The SMILES string of the molecule is Cc1ncc2ccc(-c3cccc(Cl)c3)cn12. The van der Waals surface area contributed by atoms with E-state index >= 15 is 0 Å². The summed E-state index contributed by atoms with van der Waals surface area (Å²) in [6.07, 6.45) is 3.96. The summed E-state index contributed by atoms with van der Waals surface area (Å²) in [5, 5.41) is 0.755. The van der Waals surface area contributed by atoms with Crippen molar-refractivity contribution < 1.29 is 0 Å². The van der Waals surface area contributed by atoms with Crippen LogP contribution in [0.2, 0.25) is 5.02 Å². The Morgan fingerprint density at radius 2 is 2.00 bits per heavy atom. The molecule has 3 aromatic rings. The molecule has 0 saturated heterocycles. The van der Waals surface area contributed by atoms with E-state index in [0.29, 0.717) is 0 Å². The summed E-state index contributed by atoms with van der Waals surface area (Å²) in [5.41, 5.74) is 3.36. The molecule has 0 bridgehead atoms. The highest BCUT2D eigenvalue weighted by Gasteiger charge is 2.02. The molecule has 2 heterocycles. The highest BCUT2D eigenvalue weighted by Crippen LogP contribution is 2.23. The van der Waals surface area contributed by atoms with Crippen LogP contribution in [0.25, 0.3) is 16.6 Å². The Hall–Kier alpha value is -1.80. The molecule has 2 nitrogen and oxygen atoms in total. The van der Waals surface area contributed by atoms with Crippen LogP contribution in [0.15, 0.2) is 48.8 Å². The number of benzene rings is 1. The number of hydrogen-bond acceptors (Lipinski definition) is 1. The van der Waals surface area contributed by atoms with Crippen molar-refractivity contribution in [2.24, 2.45) is 0 Å². The van der Waals surface area contributed by atoms with Gasteiger partial charge in [-0.15, -0.1) is 0 Å². The Balaban J connectivity index is 2.20. The van der Waals surface area contributed by atoms with Crippen LogP contribution in [-0.4, -0.2) is 9.38 Å². The van der Waals surface area contributed by atoms with Gasteiger partial charge in [-0.3, -0.25) is 0 Å². The van der Waals surface area contributed by atoms with Crippen LogP contribution in [0.4, 0.5) is 0 Å². The summed E-state index contributed by atoms with van der Waals surface area (Å²) in [6, 6.07) is 12.0. The van der Waals surface area contributed by atoms with Crippen molar-refractivity contribution >= 4 is 17.1 Å². The number of aromatic nitrogens is 2. The lowest BCUT2D eigenvalue weighted by atomic mass is 10.1. The number of imidazole rings is 1. The van der Waals surface area contributed by atoms with Gasteiger partial charge in [0.25, 0.3) is 0 Å². The van der Waals surface area contributed by atoms with Gasteiger partial charge in [0.2, 0.25) is 0 Å². The van der Waals surface area contributed by atoms with Crippen LogP contribution >= 0.6 is 11.6 Å². The van der Waals surface area contributed by atoms with E-state index in [0.717, 1.165) is 27.5 Å². The van der Waals surface area contributed by atoms with Crippen molar-refractivity contribution in [3.05, 3.63) is 59.6 Å². The quantitative estimate of drug-likeness (QED) is 0.631. The molecule has 0 unspecified atom stereocenters. The summed E-state index contributed by atoms with van der Waals surface area (Å²) in [7, 11) is 0. The van der Waals surface area contributed by atoms with E-state index in [1.54, 1.807) is 0 Å². The first-order valence-electron chi connectivity index (χ1n) is 5.44. The molecule has 0 amide bonds. The Kier molecular flexibility index (Phi) is 2.37. The predicted molar refractivity (Wildman–Crippen MR) is 70.4 cm³/mol. The summed E-state index contributed by atoms with van der Waals surface area (Å²) in [4.78, 5) is 4.28. The molecule has 0 spiro atoms. The molecule has 17 heavy (non-hydrogen) atoms. The molecular formula is C14H11ClN2. The minimum absolute atomic E-state index is 0.755. The van der Waals surface area contributed by atoms with Crippen LogP contribution in [0, 0.1) is 6.92 Å². The number of fused-ring (bicyclic) bond motifs is 1. The number of halogens is 1. The van der Waals surface area contributed by atoms with Crippen LogP contribution in [-0.2, 0) is 0 Å². The molecule has 0 aliphatic rings. The average Bonchev–Trinajstić information content (AvgIpc) is 2.71. The van der Waals surface area contributed by atoms with E-state index in [1.807, 2.05) is 31.3 Å². The fourth-order valence-electron chi connectivity index (χ4n) is 1.96. The van der Waals surface area contributed by atoms with Gasteiger partial charge in [0.1, 0.15) is 5.82 Å². The highest BCUT2D eigenvalue weighted by molar-refractivity contribution is 6.30. The van der Waals surface area contributed by atoms with Gasteiger partial charge in [-0.25, -0.2) is 4.98 Å². The molecule has 0 fully saturated rings. The molecule has 1 aromatic carbocycles. The van der Waals surface area contributed by atoms with Gasteiger partial charge in [-0.1, -0.05) is 29.8 Å². The smallest absolute Gasteiger partial charge is 0.110 e. The second kappa shape index (κ2) is 3.90. The lowest BCUT2D eigenvalue weighted by Gasteiger charge is -2.04. The minimum atomic E-state index is 0.755. The second-order valence-electron chi connectivity index (χ2n) is 4.03. The molecule has 3 rings (SSSR count). The Morgan fingerprint density at radius 1 is 1.12 bits per heavy atom. The number of aryl methyl sites for hydroxylation is 1. The van der Waals surface area contributed by atoms with Crippen LogP contribution in [0.3, 0.4) is 0 Å². The predicted octanol–water partition coefficient (Wildman–Crippen LogP) is 3.96. The van der Waals surface area contributed by atoms with Crippen LogP contribution in [0.5, 0.6) is 0 Å². The molecule has 3 heteroatoms. The number of pyridine rings is 1. The zero-order valence-electron chi connectivity index (χ0n) is 9.39. The molecule has 0 saturated carbocycles. The van der Waals surface area contributed by atoms with Crippen molar-refractivity contribution in [3.8, 4) is 11.1 Å². The molecule has 0 aliphatic carbocycles. The van der Waals surface area contributed by atoms with Gasteiger partial charge in [-0.2, -0.15) is 0 Å².